The van der Waals surface area contributed by atoms with Gasteiger partial charge in [0, 0.05) is 52.0 Å². The van der Waals surface area contributed by atoms with E-state index in [9.17, 15) is 14.0 Å². The molecule has 1 unspecified atom stereocenters. The van der Waals surface area contributed by atoms with Gasteiger partial charge in [0.1, 0.15) is 18.3 Å². The minimum Gasteiger partial charge on any atom is -0.379 e. The van der Waals surface area contributed by atoms with Gasteiger partial charge in [0.05, 0.1) is 25.2 Å². The highest BCUT2D eigenvalue weighted by atomic mass is 32.2. The predicted octanol–water partition coefficient (Wildman–Crippen LogP) is 7.83. The highest BCUT2D eigenvalue weighted by Crippen LogP contribution is 2.39. The van der Waals surface area contributed by atoms with Crippen molar-refractivity contribution in [2.45, 2.75) is 79.5 Å². The monoisotopic (exact) mass is 756 g/mol. The molecule has 3 aliphatic heterocycles. The number of amides is 4. The first-order valence-corrected chi connectivity index (χ1v) is 19.3. The van der Waals surface area contributed by atoms with E-state index >= 15 is 0 Å². The van der Waals surface area contributed by atoms with E-state index in [2.05, 4.69) is 50.9 Å². The van der Waals surface area contributed by atoms with Crippen molar-refractivity contribution in [2.24, 2.45) is 14.1 Å². The molecule has 52 heavy (non-hydrogen) atoms. The van der Waals surface area contributed by atoms with Gasteiger partial charge in [-0.25, -0.2) is 14.0 Å². The van der Waals surface area contributed by atoms with E-state index in [4.69, 9.17) is 4.74 Å². The van der Waals surface area contributed by atoms with Crippen molar-refractivity contribution >= 4 is 47.0 Å². The van der Waals surface area contributed by atoms with E-state index in [0.717, 1.165) is 53.1 Å². The fraction of sp³-hybridized carbons (Fsp3) is 0.500. The summed E-state index contributed by atoms with van der Waals surface area (Å²) in [6.07, 6.45) is 5.33. The molecule has 1 spiro atoms. The third-order valence-corrected chi connectivity index (χ3v) is 11.6. The number of urea groups is 2. The molecule has 3 fully saturated rings. The van der Waals surface area contributed by atoms with E-state index in [0.29, 0.717) is 12.3 Å². The van der Waals surface area contributed by atoms with Gasteiger partial charge in [0.15, 0.2) is 10.3 Å². The Morgan fingerprint density at radius 2 is 1.38 bits per heavy atom. The number of likely N-dealkylation sites (tertiary alicyclic amines) is 2. The summed E-state index contributed by atoms with van der Waals surface area (Å²) in [5.41, 5.74) is 2.39. The molecule has 2 aromatic carbocycles. The molecule has 284 valence electrons. The number of ether oxygens (including phenoxy) is 1. The quantitative estimate of drug-likeness (QED) is 0.173. The fourth-order valence-electron chi connectivity index (χ4n) is 6.10. The minimum absolute atomic E-state index is 0. The van der Waals surface area contributed by atoms with Gasteiger partial charge in [0.2, 0.25) is 0 Å². The van der Waals surface area contributed by atoms with Crippen LogP contribution in [-0.2, 0) is 18.8 Å². The number of carbonyl (C=O) groups is 2. The van der Waals surface area contributed by atoms with Crippen LogP contribution in [0.4, 0.5) is 25.4 Å². The third-order valence-electron chi connectivity index (χ3n) is 9.15. The molecule has 0 bridgehead atoms. The molecule has 16 heteroatoms. The van der Waals surface area contributed by atoms with Crippen molar-refractivity contribution in [3.05, 3.63) is 72.3 Å². The average molecular weight is 757 g/mol. The zero-order valence-corrected chi connectivity index (χ0v) is 32.5. The molecule has 0 aliphatic carbocycles. The number of alkyl halides is 1. The molecule has 5 heterocycles. The molecule has 0 radical (unpaired) electrons. The summed E-state index contributed by atoms with van der Waals surface area (Å²) in [7, 11) is 3.83. The van der Waals surface area contributed by atoms with Crippen LogP contribution >= 0.6 is 23.5 Å². The first-order chi connectivity index (χ1) is 24.9. The Bertz CT molecular complexity index is 1820. The summed E-state index contributed by atoms with van der Waals surface area (Å²) < 4.78 is 22.8. The number of anilines is 2. The SMILES string of the molecule is CC.C[C@H](Sc1nncn1C)c1cccc(NC(=O)N2CC(C)(F)C2)c1.C[C@H](Sc1nncn1C)c1cccc(NC(=O)N2CCC23CCOC3)c1.[HH].[HH]. The predicted molar refractivity (Wildman–Crippen MR) is 208 cm³/mol. The second kappa shape index (κ2) is 17.1. The van der Waals surface area contributed by atoms with E-state index in [1.807, 2.05) is 84.4 Å². The number of rotatable bonds is 8. The molecule has 4 amide bonds. The number of nitrogens with zero attached hydrogens (tertiary/aromatic N) is 8. The lowest BCUT2D eigenvalue weighted by Gasteiger charge is -2.49. The number of halogens is 1. The zero-order valence-electron chi connectivity index (χ0n) is 30.9. The normalized spacial score (nSPS) is 19.6. The van der Waals surface area contributed by atoms with E-state index in [1.165, 1.54) is 11.8 Å². The summed E-state index contributed by atoms with van der Waals surface area (Å²) >= 11 is 3.24. The number of carbonyl (C=O) groups excluding carboxylic acids is 2. The van der Waals surface area contributed by atoms with Crippen LogP contribution in [0.5, 0.6) is 0 Å². The van der Waals surface area contributed by atoms with Gasteiger partial charge < -0.3 is 34.3 Å². The van der Waals surface area contributed by atoms with E-state index in [-0.39, 0.29) is 44.0 Å². The maximum atomic E-state index is 13.5. The summed E-state index contributed by atoms with van der Waals surface area (Å²) in [6.45, 7) is 12.2. The number of benzene rings is 2. The second-order valence-electron chi connectivity index (χ2n) is 13.3. The van der Waals surface area contributed by atoms with Gasteiger partial charge in [-0.15, -0.1) is 20.4 Å². The highest BCUT2D eigenvalue weighted by Gasteiger charge is 2.50. The van der Waals surface area contributed by atoms with Gasteiger partial charge >= 0.3 is 12.1 Å². The topological polar surface area (TPSA) is 135 Å². The highest BCUT2D eigenvalue weighted by molar-refractivity contribution is 7.99. The van der Waals surface area contributed by atoms with Crippen molar-refractivity contribution in [3.8, 4) is 0 Å². The standard InChI is InChI=1S/C18H23N5O2S.C16H20FN5OS.C2H6.2H2/c1-13(26-17-21-19-12-22(17)2)14-4-3-5-15(10-14)20-16(24)23-8-6-18(23)7-9-25-11-18;1-11(24-15-20-18-10-21(15)3)12-5-4-6-13(7-12)19-14(23)22-8-16(2,17)9-22;1-2;;/h3-5,10,12-13H,6-9,11H2,1-2H3,(H,20,24);4-7,10-11H,8-9H2,1-3H3,(H,19,23);1-2H3;2*1H/t13-,18?;11-;;;/m00.../s1. The smallest absolute Gasteiger partial charge is 0.322 e. The largest absolute Gasteiger partial charge is 0.379 e. The first-order valence-electron chi connectivity index (χ1n) is 17.5. The Kier molecular flexibility index (Phi) is 12.9. The Balaban J connectivity index is 0.000000269. The number of aryl methyl sites for hydroxylation is 2. The average Bonchev–Trinajstić information content (AvgIpc) is 3.87. The van der Waals surface area contributed by atoms with Crippen LogP contribution in [0.25, 0.3) is 0 Å². The zero-order chi connectivity index (χ0) is 37.5. The maximum absolute atomic E-state index is 13.5. The summed E-state index contributed by atoms with van der Waals surface area (Å²) in [5, 5.41) is 23.9. The number of nitrogens with one attached hydrogen (secondary N) is 2. The van der Waals surface area contributed by atoms with Gasteiger partial charge in [-0.2, -0.15) is 0 Å². The van der Waals surface area contributed by atoms with E-state index < -0.39 is 5.67 Å². The number of aromatic nitrogens is 6. The molecule has 13 nitrogen and oxygen atoms in total. The Morgan fingerprint density at radius 1 is 0.865 bits per heavy atom. The van der Waals surface area contributed by atoms with Crippen LogP contribution in [0.1, 0.15) is 71.9 Å². The van der Waals surface area contributed by atoms with Crippen molar-refractivity contribution in [1.82, 2.24) is 39.3 Å². The van der Waals surface area contributed by atoms with E-state index in [1.54, 1.807) is 36.2 Å². The molecule has 2 N–H and O–H groups in total. The number of thioether (sulfide) groups is 2. The Hall–Kier alpha value is -4.15. The molecule has 4 aromatic rings. The molecule has 3 aliphatic rings. The van der Waals surface area contributed by atoms with Crippen molar-refractivity contribution in [3.63, 3.8) is 0 Å². The van der Waals surface area contributed by atoms with Crippen LogP contribution in [0.3, 0.4) is 0 Å². The molecule has 0 saturated carbocycles. The van der Waals surface area contributed by atoms with Crippen LogP contribution in [0.15, 0.2) is 71.5 Å². The van der Waals surface area contributed by atoms with Gasteiger partial charge in [-0.05, 0) is 69.0 Å². The third kappa shape index (κ3) is 9.44. The van der Waals surface area contributed by atoms with Gasteiger partial charge in [-0.3, -0.25) is 0 Å². The van der Waals surface area contributed by atoms with Crippen LogP contribution in [-0.4, -0.2) is 95.4 Å². The minimum atomic E-state index is -1.26. The van der Waals surface area contributed by atoms with Crippen LogP contribution in [0, 0.1) is 0 Å². The molecule has 3 saturated heterocycles. The number of hydrogen-bond acceptors (Lipinski definition) is 9. The van der Waals surface area contributed by atoms with Crippen molar-refractivity contribution in [1.29, 1.82) is 0 Å². The number of hydrogen-bond donors (Lipinski definition) is 2. The van der Waals surface area contributed by atoms with Crippen molar-refractivity contribution in [2.75, 3.05) is 43.5 Å². The summed E-state index contributed by atoms with van der Waals surface area (Å²) in [6, 6.07) is 15.4. The van der Waals surface area contributed by atoms with Gasteiger partial charge in [-0.1, -0.05) is 61.6 Å². The van der Waals surface area contributed by atoms with Gasteiger partial charge in [0.25, 0.3) is 0 Å². The molecule has 3 atom stereocenters. The lowest BCUT2D eigenvalue weighted by Crippen LogP contribution is -2.63. The maximum Gasteiger partial charge on any atom is 0.322 e. The molecule has 2 aromatic heterocycles. The lowest BCUT2D eigenvalue weighted by molar-refractivity contribution is 0.0144. The lowest BCUT2D eigenvalue weighted by atomic mass is 9.84. The molecular weight excluding hydrogens is 704 g/mol. The molecule has 7 rings (SSSR count). The Morgan fingerprint density at radius 3 is 1.79 bits per heavy atom. The fourth-order valence-corrected chi connectivity index (χ4v) is 7.91. The summed E-state index contributed by atoms with van der Waals surface area (Å²) in [4.78, 5) is 28.1. The first kappa shape index (κ1) is 39.1. The molecular formula is C36H53FN10O3S2. The Labute approximate surface area is 316 Å². The van der Waals surface area contributed by atoms with Crippen LogP contribution < -0.4 is 10.6 Å². The second-order valence-corrected chi connectivity index (χ2v) is 15.9. The van der Waals surface area contributed by atoms with Crippen molar-refractivity contribution < 1.29 is 21.6 Å². The summed E-state index contributed by atoms with van der Waals surface area (Å²) in [5.74, 6) is 0. The van der Waals surface area contributed by atoms with Crippen LogP contribution in [0.2, 0.25) is 0 Å².